The van der Waals surface area contributed by atoms with Crippen LogP contribution in [0.5, 0.6) is 0 Å². The maximum atomic E-state index is 9.05. The molecular formula is C14H28N2O. The van der Waals surface area contributed by atoms with Gasteiger partial charge in [0, 0.05) is 25.2 Å². The zero-order valence-corrected chi connectivity index (χ0v) is 11.2. The van der Waals surface area contributed by atoms with E-state index in [-0.39, 0.29) is 0 Å². The fourth-order valence-electron chi connectivity index (χ4n) is 3.58. The molecule has 17 heavy (non-hydrogen) atoms. The van der Waals surface area contributed by atoms with Gasteiger partial charge < -0.3 is 15.3 Å². The number of hydrogen-bond acceptors (Lipinski definition) is 3. The summed E-state index contributed by atoms with van der Waals surface area (Å²) in [7, 11) is 2.09. The molecule has 0 aromatic heterocycles. The number of aliphatic hydroxyl groups is 1. The van der Waals surface area contributed by atoms with Crippen LogP contribution in [0.25, 0.3) is 0 Å². The van der Waals surface area contributed by atoms with E-state index >= 15 is 0 Å². The predicted molar refractivity (Wildman–Crippen MR) is 71.1 cm³/mol. The van der Waals surface area contributed by atoms with E-state index in [1.54, 1.807) is 0 Å². The first-order valence-electron chi connectivity index (χ1n) is 7.35. The number of piperidine rings is 1. The van der Waals surface area contributed by atoms with E-state index < -0.39 is 0 Å². The number of nitrogens with zero attached hydrogens (tertiary/aromatic N) is 1. The predicted octanol–water partition coefficient (Wildman–Crippen LogP) is 1.61. The maximum Gasteiger partial charge on any atom is 0.0434 e. The fourth-order valence-corrected chi connectivity index (χ4v) is 3.58. The molecule has 2 aliphatic rings. The van der Waals surface area contributed by atoms with Gasteiger partial charge in [-0.25, -0.2) is 0 Å². The minimum atomic E-state index is 0.366. The summed E-state index contributed by atoms with van der Waals surface area (Å²) in [4.78, 5) is 2.70. The van der Waals surface area contributed by atoms with Crippen molar-refractivity contribution in [1.29, 1.82) is 0 Å². The Kier molecular flexibility index (Phi) is 5.26. The maximum absolute atomic E-state index is 9.05. The zero-order chi connectivity index (χ0) is 12.1. The van der Waals surface area contributed by atoms with Crippen molar-refractivity contribution < 1.29 is 5.11 Å². The Morgan fingerprint density at radius 3 is 2.59 bits per heavy atom. The van der Waals surface area contributed by atoms with Crippen LogP contribution < -0.4 is 5.32 Å². The molecule has 1 aliphatic heterocycles. The van der Waals surface area contributed by atoms with Gasteiger partial charge in [-0.3, -0.25) is 0 Å². The van der Waals surface area contributed by atoms with Crippen LogP contribution in [0.15, 0.2) is 0 Å². The summed E-state index contributed by atoms with van der Waals surface area (Å²) >= 11 is 0. The van der Waals surface area contributed by atoms with Gasteiger partial charge in [0.05, 0.1) is 0 Å². The second kappa shape index (κ2) is 6.72. The summed E-state index contributed by atoms with van der Waals surface area (Å²) in [5, 5.41) is 12.5. The van der Waals surface area contributed by atoms with Crippen LogP contribution in [0.4, 0.5) is 0 Å². The van der Waals surface area contributed by atoms with Crippen molar-refractivity contribution in [2.75, 3.05) is 26.7 Å². The van der Waals surface area contributed by atoms with Gasteiger partial charge in [-0.15, -0.1) is 0 Å². The highest BCUT2D eigenvalue weighted by Gasteiger charge is 2.28. The van der Waals surface area contributed by atoms with Gasteiger partial charge >= 0.3 is 0 Å². The van der Waals surface area contributed by atoms with E-state index in [1.165, 1.54) is 51.6 Å². The molecule has 1 heterocycles. The van der Waals surface area contributed by atoms with Gasteiger partial charge in [-0.05, 0) is 64.5 Å². The molecule has 1 unspecified atom stereocenters. The smallest absolute Gasteiger partial charge is 0.0434 e. The first-order valence-corrected chi connectivity index (χ1v) is 7.35. The molecule has 2 rings (SSSR count). The largest absolute Gasteiger partial charge is 0.396 e. The highest BCUT2D eigenvalue weighted by atomic mass is 16.3. The van der Waals surface area contributed by atoms with E-state index in [9.17, 15) is 0 Å². The lowest BCUT2D eigenvalue weighted by Crippen LogP contribution is -2.46. The van der Waals surface area contributed by atoms with Gasteiger partial charge in [0.2, 0.25) is 0 Å². The minimum absolute atomic E-state index is 0.366. The lowest BCUT2D eigenvalue weighted by molar-refractivity contribution is 0.0824. The molecule has 1 aliphatic carbocycles. The average Bonchev–Trinajstić information content (AvgIpc) is 2.40. The number of likely N-dealkylation sites (tertiary alicyclic amines) is 1. The van der Waals surface area contributed by atoms with E-state index in [0.29, 0.717) is 6.61 Å². The lowest BCUT2D eigenvalue weighted by atomic mass is 9.87. The molecule has 1 atom stereocenters. The molecule has 0 radical (unpaired) electrons. The van der Waals surface area contributed by atoms with E-state index in [1.807, 2.05) is 0 Å². The van der Waals surface area contributed by atoms with Crippen LogP contribution in [0.1, 0.15) is 44.9 Å². The summed E-state index contributed by atoms with van der Waals surface area (Å²) in [5.41, 5.74) is 0. The molecule has 0 spiro atoms. The first kappa shape index (κ1) is 13.3. The summed E-state index contributed by atoms with van der Waals surface area (Å²) in [6, 6.07) is 1.57. The monoisotopic (exact) mass is 240 g/mol. The normalized spacial score (nSPS) is 36.0. The molecule has 3 nitrogen and oxygen atoms in total. The third-order valence-electron chi connectivity index (χ3n) is 4.71. The molecule has 0 aromatic carbocycles. The van der Waals surface area contributed by atoms with E-state index in [0.717, 1.165) is 24.4 Å². The second-order valence-electron chi connectivity index (χ2n) is 5.81. The van der Waals surface area contributed by atoms with E-state index in [2.05, 4.69) is 17.3 Å². The summed E-state index contributed by atoms with van der Waals surface area (Å²) < 4.78 is 0. The van der Waals surface area contributed by atoms with Crippen LogP contribution in [-0.4, -0.2) is 48.8 Å². The SMILES string of the molecule is CNC1CCC(N2CCCC(CCO)C2)CC1. The van der Waals surface area contributed by atoms with Gasteiger partial charge in [0.1, 0.15) is 0 Å². The van der Waals surface area contributed by atoms with E-state index in [4.69, 9.17) is 5.11 Å². The first-order chi connectivity index (χ1) is 8.33. The van der Waals surface area contributed by atoms with Crippen LogP contribution in [0.2, 0.25) is 0 Å². The highest BCUT2D eigenvalue weighted by molar-refractivity contribution is 4.85. The van der Waals surface area contributed by atoms with Gasteiger partial charge in [-0.1, -0.05) is 0 Å². The van der Waals surface area contributed by atoms with Crippen molar-refractivity contribution in [2.24, 2.45) is 5.92 Å². The van der Waals surface area contributed by atoms with Crippen molar-refractivity contribution >= 4 is 0 Å². The third-order valence-corrected chi connectivity index (χ3v) is 4.71. The quantitative estimate of drug-likeness (QED) is 0.784. The summed E-state index contributed by atoms with van der Waals surface area (Å²) in [6.07, 6.45) is 9.04. The Bertz CT molecular complexity index is 212. The molecule has 1 saturated carbocycles. The average molecular weight is 240 g/mol. The molecule has 3 heteroatoms. The van der Waals surface area contributed by atoms with Crippen molar-refractivity contribution in [3.63, 3.8) is 0 Å². The molecule has 2 N–H and O–H groups in total. The van der Waals surface area contributed by atoms with Crippen LogP contribution in [-0.2, 0) is 0 Å². The number of aliphatic hydroxyl groups excluding tert-OH is 1. The molecule has 0 amide bonds. The van der Waals surface area contributed by atoms with Crippen LogP contribution in [0, 0.1) is 5.92 Å². The topological polar surface area (TPSA) is 35.5 Å². The van der Waals surface area contributed by atoms with Crippen LogP contribution >= 0.6 is 0 Å². The molecule has 0 aromatic rings. The van der Waals surface area contributed by atoms with Crippen LogP contribution in [0.3, 0.4) is 0 Å². The Balaban J connectivity index is 1.77. The number of rotatable bonds is 4. The highest BCUT2D eigenvalue weighted by Crippen LogP contribution is 2.28. The fraction of sp³-hybridized carbons (Fsp3) is 1.00. The lowest BCUT2D eigenvalue weighted by Gasteiger charge is -2.41. The Labute approximate surface area is 106 Å². The molecule has 1 saturated heterocycles. The third kappa shape index (κ3) is 3.67. The van der Waals surface area contributed by atoms with Crippen molar-refractivity contribution in [3.8, 4) is 0 Å². The van der Waals surface area contributed by atoms with Gasteiger partial charge in [-0.2, -0.15) is 0 Å². The number of nitrogens with one attached hydrogen (secondary N) is 1. The van der Waals surface area contributed by atoms with Gasteiger partial charge in [0.15, 0.2) is 0 Å². The Morgan fingerprint density at radius 2 is 1.94 bits per heavy atom. The number of hydrogen-bond donors (Lipinski definition) is 2. The zero-order valence-electron chi connectivity index (χ0n) is 11.2. The summed E-state index contributed by atoms with van der Waals surface area (Å²) in [5.74, 6) is 0.746. The Morgan fingerprint density at radius 1 is 1.18 bits per heavy atom. The van der Waals surface area contributed by atoms with Crippen molar-refractivity contribution in [3.05, 3.63) is 0 Å². The standard InChI is InChI=1S/C14H28N2O/c1-15-13-4-6-14(7-5-13)16-9-2-3-12(11-16)8-10-17/h12-15,17H,2-11H2,1H3. The Hall–Kier alpha value is -0.120. The van der Waals surface area contributed by atoms with Crippen molar-refractivity contribution in [2.45, 2.75) is 57.0 Å². The second-order valence-corrected chi connectivity index (χ2v) is 5.81. The molecular weight excluding hydrogens is 212 g/mol. The molecule has 2 fully saturated rings. The molecule has 100 valence electrons. The summed E-state index contributed by atoms with van der Waals surface area (Å²) in [6.45, 7) is 2.89. The minimum Gasteiger partial charge on any atom is -0.396 e. The molecule has 0 bridgehead atoms. The van der Waals surface area contributed by atoms with Crippen molar-refractivity contribution in [1.82, 2.24) is 10.2 Å². The van der Waals surface area contributed by atoms with Gasteiger partial charge in [0.25, 0.3) is 0 Å².